The van der Waals surface area contributed by atoms with Crippen molar-refractivity contribution in [3.63, 3.8) is 0 Å². The topological polar surface area (TPSA) is 43.1 Å². The molecule has 1 heterocycles. The van der Waals surface area contributed by atoms with Crippen molar-refractivity contribution in [2.24, 2.45) is 11.7 Å². The van der Waals surface area contributed by atoms with Gasteiger partial charge in [-0.1, -0.05) is 18.5 Å². The number of carbonyl (C=O) groups excluding carboxylic acids is 1. The molecule has 66 valence electrons. The van der Waals surface area contributed by atoms with E-state index in [1.54, 1.807) is 12.1 Å². The van der Waals surface area contributed by atoms with Crippen LogP contribution < -0.4 is 5.73 Å². The molecule has 0 amide bonds. The first-order valence-electron chi connectivity index (χ1n) is 3.64. The first-order chi connectivity index (χ1) is 5.65. The van der Waals surface area contributed by atoms with E-state index in [4.69, 9.17) is 17.3 Å². The fraction of sp³-hybridized carbons (Fsp3) is 0.375. The normalized spacial score (nSPS) is 12.9. The third-order valence-corrected chi connectivity index (χ3v) is 2.86. The van der Waals surface area contributed by atoms with E-state index in [1.807, 2.05) is 6.92 Å². The van der Waals surface area contributed by atoms with Gasteiger partial charge in [-0.05, 0) is 12.1 Å². The van der Waals surface area contributed by atoms with E-state index in [0.717, 1.165) is 0 Å². The van der Waals surface area contributed by atoms with Crippen molar-refractivity contribution < 1.29 is 4.79 Å². The Hall–Kier alpha value is -0.380. The highest BCUT2D eigenvalue weighted by Gasteiger charge is 2.14. The third-order valence-electron chi connectivity index (χ3n) is 1.62. The van der Waals surface area contributed by atoms with Crippen LogP contribution in [0.3, 0.4) is 0 Å². The van der Waals surface area contributed by atoms with Gasteiger partial charge < -0.3 is 5.73 Å². The van der Waals surface area contributed by atoms with Gasteiger partial charge in [-0.25, -0.2) is 0 Å². The molecule has 0 fully saturated rings. The first-order valence-corrected chi connectivity index (χ1v) is 4.84. The molecule has 0 radical (unpaired) electrons. The second kappa shape index (κ2) is 4.03. The Bertz CT molecular complexity index is 284. The Morgan fingerprint density at radius 1 is 1.75 bits per heavy atom. The first kappa shape index (κ1) is 9.71. The average molecular weight is 204 g/mol. The van der Waals surface area contributed by atoms with Gasteiger partial charge >= 0.3 is 0 Å². The summed E-state index contributed by atoms with van der Waals surface area (Å²) in [4.78, 5) is 12.2. The molecule has 2 N–H and O–H groups in total. The fourth-order valence-corrected chi connectivity index (χ4v) is 1.89. The van der Waals surface area contributed by atoms with Gasteiger partial charge in [0.25, 0.3) is 0 Å². The number of Topliss-reactive ketones (excluding diaryl/α,β-unsaturated/α-hetero) is 1. The molecule has 4 heteroatoms. The molecule has 0 saturated heterocycles. The van der Waals surface area contributed by atoms with E-state index in [1.165, 1.54) is 11.3 Å². The summed E-state index contributed by atoms with van der Waals surface area (Å²) < 4.78 is 0.641. The maximum Gasteiger partial charge on any atom is 0.176 e. The van der Waals surface area contributed by atoms with Crippen molar-refractivity contribution in [2.45, 2.75) is 6.92 Å². The molecule has 0 aliphatic heterocycles. The van der Waals surface area contributed by atoms with E-state index in [9.17, 15) is 4.79 Å². The Balaban J connectivity index is 2.78. The molecular weight excluding hydrogens is 194 g/mol. The Morgan fingerprint density at radius 3 is 2.83 bits per heavy atom. The minimum absolute atomic E-state index is 0.0781. The lowest BCUT2D eigenvalue weighted by Gasteiger charge is -2.03. The van der Waals surface area contributed by atoms with Gasteiger partial charge in [0.05, 0.1) is 9.21 Å². The molecule has 0 spiro atoms. The predicted molar refractivity (Wildman–Crippen MR) is 51.9 cm³/mol. The van der Waals surface area contributed by atoms with Gasteiger partial charge in [-0.3, -0.25) is 4.79 Å². The zero-order valence-electron chi connectivity index (χ0n) is 6.71. The molecular formula is C8H10ClNOS. The number of hydrogen-bond donors (Lipinski definition) is 1. The zero-order valence-corrected chi connectivity index (χ0v) is 8.28. The molecule has 1 aromatic rings. The Kier molecular flexibility index (Phi) is 3.26. The molecule has 12 heavy (non-hydrogen) atoms. The van der Waals surface area contributed by atoms with Crippen LogP contribution in [0.25, 0.3) is 0 Å². The van der Waals surface area contributed by atoms with Crippen LogP contribution in [0.15, 0.2) is 12.1 Å². The van der Waals surface area contributed by atoms with E-state index < -0.39 is 0 Å². The van der Waals surface area contributed by atoms with E-state index >= 15 is 0 Å². The maximum absolute atomic E-state index is 11.5. The lowest BCUT2D eigenvalue weighted by atomic mass is 10.1. The molecule has 2 nitrogen and oxygen atoms in total. The van der Waals surface area contributed by atoms with Crippen molar-refractivity contribution in [2.75, 3.05) is 6.54 Å². The lowest BCUT2D eigenvalue weighted by molar-refractivity contribution is 0.0938. The monoisotopic (exact) mass is 203 g/mol. The molecule has 0 aliphatic carbocycles. The second-order valence-corrected chi connectivity index (χ2v) is 4.32. The van der Waals surface area contributed by atoms with E-state index in [2.05, 4.69) is 0 Å². The van der Waals surface area contributed by atoms with Gasteiger partial charge in [0.15, 0.2) is 5.78 Å². The van der Waals surface area contributed by atoms with Crippen LogP contribution in [0.4, 0.5) is 0 Å². The number of carbonyl (C=O) groups is 1. The lowest BCUT2D eigenvalue weighted by Crippen LogP contribution is -2.19. The standard InChI is InChI=1S/C8H10ClNOS/c1-5(4-10)8(11)6-2-3-7(9)12-6/h2-3,5H,4,10H2,1H3. The fourth-order valence-electron chi connectivity index (χ4n) is 0.797. The molecule has 1 rings (SSSR count). The predicted octanol–water partition coefficient (Wildman–Crippen LogP) is 2.18. The largest absolute Gasteiger partial charge is 0.330 e. The number of ketones is 1. The average Bonchev–Trinajstić information content (AvgIpc) is 2.49. The minimum atomic E-state index is -0.111. The van der Waals surface area contributed by atoms with Crippen LogP contribution in [0.2, 0.25) is 4.34 Å². The summed E-state index contributed by atoms with van der Waals surface area (Å²) in [6, 6.07) is 3.46. The van der Waals surface area contributed by atoms with Gasteiger partial charge in [-0.15, -0.1) is 11.3 Å². The number of nitrogens with two attached hydrogens (primary N) is 1. The highest BCUT2D eigenvalue weighted by Crippen LogP contribution is 2.23. The summed E-state index contributed by atoms with van der Waals surface area (Å²) in [6.07, 6.45) is 0. The molecule has 0 aliphatic rings. The smallest absolute Gasteiger partial charge is 0.176 e. The van der Waals surface area contributed by atoms with Crippen LogP contribution in [-0.2, 0) is 0 Å². The maximum atomic E-state index is 11.5. The van der Waals surface area contributed by atoms with Gasteiger partial charge in [0.1, 0.15) is 0 Å². The second-order valence-electron chi connectivity index (χ2n) is 2.60. The summed E-state index contributed by atoms with van der Waals surface area (Å²) in [5, 5.41) is 0. The number of thiophene rings is 1. The molecule has 1 unspecified atom stereocenters. The summed E-state index contributed by atoms with van der Waals surface area (Å²) in [5.74, 6) is -0.0332. The summed E-state index contributed by atoms with van der Waals surface area (Å²) in [5.41, 5.74) is 5.37. The van der Waals surface area contributed by atoms with E-state index in [-0.39, 0.29) is 11.7 Å². The number of halogens is 1. The molecule has 0 saturated carbocycles. The summed E-state index contributed by atoms with van der Waals surface area (Å²) in [6.45, 7) is 2.20. The number of rotatable bonds is 3. The van der Waals surface area contributed by atoms with Crippen LogP contribution in [-0.4, -0.2) is 12.3 Å². The van der Waals surface area contributed by atoms with Crippen LogP contribution in [0, 0.1) is 5.92 Å². The third kappa shape index (κ3) is 2.06. The SMILES string of the molecule is CC(CN)C(=O)c1ccc(Cl)s1. The van der Waals surface area contributed by atoms with Crippen LogP contribution in [0.1, 0.15) is 16.6 Å². The van der Waals surface area contributed by atoms with E-state index in [0.29, 0.717) is 15.8 Å². The molecule has 1 aromatic heterocycles. The van der Waals surface area contributed by atoms with Crippen molar-refractivity contribution in [1.82, 2.24) is 0 Å². The minimum Gasteiger partial charge on any atom is -0.330 e. The molecule has 1 atom stereocenters. The Morgan fingerprint density at radius 2 is 2.42 bits per heavy atom. The van der Waals surface area contributed by atoms with Crippen LogP contribution in [0.5, 0.6) is 0 Å². The summed E-state index contributed by atoms with van der Waals surface area (Å²) in [7, 11) is 0. The highest BCUT2D eigenvalue weighted by molar-refractivity contribution is 7.18. The zero-order chi connectivity index (χ0) is 9.14. The quantitative estimate of drug-likeness (QED) is 0.766. The molecule has 0 aromatic carbocycles. The van der Waals surface area contributed by atoms with Gasteiger partial charge in [0.2, 0.25) is 0 Å². The van der Waals surface area contributed by atoms with Gasteiger partial charge in [-0.2, -0.15) is 0 Å². The van der Waals surface area contributed by atoms with Crippen molar-refractivity contribution in [3.8, 4) is 0 Å². The van der Waals surface area contributed by atoms with Crippen molar-refractivity contribution in [3.05, 3.63) is 21.3 Å². The highest BCUT2D eigenvalue weighted by atomic mass is 35.5. The molecule has 0 bridgehead atoms. The van der Waals surface area contributed by atoms with Crippen LogP contribution >= 0.6 is 22.9 Å². The Labute approximate surface area is 80.3 Å². The van der Waals surface area contributed by atoms with Gasteiger partial charge in [0, 0.05) is 12.5 Å². The van der Waals surface area contributed by atoms with Crippen molar-refractivity contribution >= 4 is 28.7 Å². The summed E-state index contributed by atoms with van der Waals surface area (Å²) >= 11 is 6.99. The number of hydrogen-bond acceptors (Lipinski definition) is 3. The van der Waals surface area contributed by atoms with Crippen molar-refractivity contribution in [1.29, 1.82) is 0 Å².